The van der Waals surface area contributed by atoms with E-state index in [0.717, 1.165) is 11.1 Å². The van der Waals surface area contributed by atoms with Crippen LogP contribution in [0.5, 0.6) is 11.5 Å². The third-order valence-electron chi connectivity index (χ3n) is 5.06. The smallest absolute Gasteiger partial charge is 0.279 e. The van der Waals surface area contributed by atoms with E-state index >= 15 is 0 Å². The normalized spacial score (nSPS) is 10.8. The lowest BCUT2D eigenvalue weighted by Crippen LogP contribution is -2.11. The Morgan fingerprint density at radius 2 is 1.77 bits per heavy atom. The van der Waals surface area contributed by atoms with Gasteiger partial charge in [-0.2, -0.15) is 0 Å². The number of ether oxygens (including phenoxy) is 1. The van der Waals surface area contributed by atoms with E-state index in [9.17, 15) is 9.18 Å². The van der Waals surface area contributed by atoms with Crippen molar-refractivity contribution in [2.24, 2.45) is 0 Å². The predicted octanol–water partition coefficient (Wildman–Crippen LogP) is 7.01. The average Bonchev–Trinajstić information content (AvgIpc) is 3.53. The minimum Gasteiger partial charge on any atom is -0.457 e. The van der Waals surface area contributed by atoms with Gasteiger partial charge in [-0.3, -0.25) is 10.1 Å². The van der Waals surface area contributed by atoms with E-state index in [-0.39, 0.29) is 11.5 Å². The van der Waals surface area contributed by atoms with Crippen LogP contribution in [-0.4, -0.2) is 21.3 Å². The van der Waals surface area contributed by atoms with Gasteiger partial charge in [-0.15, -0.1) is 10.2 Å². The first kappa shape index (κ1) is 22.7. The van der Waals surface area contributed by atoms with Crippen molar-refractivity contribution in [3.63, 3.8) is 0 Å². The molecular formula is C25H16ClFN4O3S. The highest BCUT2D eigenvalue weighted by atomic mass is 35.5. The quantitative estimate of drug-likeness (QED) is 0.266. The van der Waals surface area contributed by atoms with Gasteiger partial charge in [0.2, 0.25) is 5.13 Å². The van der Waals surface area contributed by atoms with Gasteiger partial charge in [0, 0.05) is 27.8 Å². The summed E-state index contributed by atoms with van der Waals surface area (Å²) in [6.07, 6.45) is 0. The van der Waals surface area contributed by atoms with Crippen LogP contribution >= 0.6 is 22.9 Å². The molecule has 2 heterocycles. The highest BCUT2D eigenvalue weighted by molar-refractivity contribution is 7.18. The van der Waals surface area contributed by atoms with E-state index in [1.807, 2.05) is 49.4 Å². The molecule has 5 rings (SSSR count). The molecule has 1 amide bonds. The Balaban J connectivity index is 1.25. The number of hydrogen-bond acceptors (Lipinski definition) is 7. The van der Waals surface area contributed by atoms with Crippen LogP contribution in [0.3, 0.4) is 0 Å². The Labute approximate surface area is 208 Å². The number of rotatable bonds is 6. The molecule has 0 fully saturated rings. The van der Waals surface area contributed by atoms with Crippen molar-refractivity contribution in [2.45, 2.75) is 6.92 Å². The maximum atomic E-state index is 13.1. The molecule has 0 aliphatic rings. The molecule has 2 aromatic heterocycles. The molecule has 1 N–H and O–H groups in total. The SMILES string of the molecule is Cc1c(Cl)cccc1Oc1ccc(-c2nnc(NC(=O)c3cc(-c4ccc(F)cc4)on3)s2)cc1. The number of hydrogen-bond donors (Lipinski definition) is 1. The third kappa shape index (κ3) is 5.06. The molecule has 0 unspecified atom stereocenters. The second-order valence-corrected chi connectivity index (χ2v) is 8.82. The Bertz CT molecular complexity index is 1500. The van der Waals surface area contributed by atoms with E-state index in [1.165, 1.54) is 29.5 Å². The summed E-state index contributed by atoms with van der Waals surface area (Å²) in [5, 5.41) is 16.2. The van der Waals surface area contributed by atoms with E-state index in [0.29, 0.717) is 38.0 Å². The molecule has 35 heavy (non-hydrogen) atoms. The number of carbonyl (C=O) groups excluding carboxylic acids is 1. The topological polar surface area (TPSA) is 90.1 Å². The second kappa shape index (κ2) is 9.65. The first-order valence-electron chi connectivity index (χ1n) is 10.4. The van der Waals surface area contributed by atoms with Crippen LogP contribution in [0.1, 0.15) is 16.1 Å². The fourth-order valence-corrected chi connectivity index (χ4v) is 4.08. The van der Waals surface area contributed by atoms with Crippen LogP contribution in [0.15, 0.2) is 77.3 Å². The lowest BCUT2D eigenvalue weighted by molar-refractivity contribution is 0.101. The molecule has 0 saturated heterocycles. The van der Waals surface area contributed by atoms with E-state index in [1.54, 1.807) is 12.1 Å². The van der Waals surface area contributed by atoms with Crippen molar-refractivity contribution in [2.75, 3.05) is 5.32 Å². The Morgan fingerprint density at radius 1 is 1.03 bits per heavy atom. The fraction of sp³-hybridized carbons (Fsp3) is 0.0400. The van der Waals surface area contributed by atoms with Crippen molar-refractivity contribution >= 4 is 34.0 Å². The molecule has 0 radical (unpaired) electrons. The van der Waals surface area contributed by atoms with Crippen molar-refractivity contribution < 1.29 is 18.4 Å². The zero-order valence-electron chi connectivity index (χ0n) is 18.2. The molecule has 10 heteroatoms. The van der Waals surface area contributed by atoms with Crippen LogP contribution in [0.4, 0.5) is 9.52 Å². The van der Waals surface area contributed by atoms with E-state index < -0.39 is 5.91 Å². The molecular weight excluding hydrogens is 491 g/mol. The molecule has 0 saturated carbocycles. The van der Waals surface area contributed by atoms with Crippen LogP contribution in [-0.2, 0) is 0 Å². The first-order chi connectivity index (χ1) is 17.0. The lowest BCUT2D eigenvalue weighted by atomic mass is 10.1. The third-order valence-corrected chi connectivity index (χ3v) is 6.36. The number of anilines is 1. The van der Waals surface area contributed by atoms with Gasteiger partial charge in [-0.05, 0) is 67.6 Å². The molecule has 0 aliphatic heterocycles. The van der Waals surface area contributed by atoms with Gasteiger partial charge in [-0.1, -0.05) is 34.2 Å². The molecule has 3 aromatic carbocycles. The number of nitrogens with zero attached hydrogens (tertiary/aromatic N) is 3. The Morgan fingerprint density at radius 3 is 2.54 bits per heavy atom. The van der Waals surface area contributed by atoms with Crippen molar-refractivity contribution in [3.8, 4) is 33.4 Å². The number of benzene rings is 3. The number of nitrogens with one attached hydrogen (secondary N) is 1. The van der Waals surface area contributed by atoms with Gasteiger partial charge in [0.15, 0.2) is 11.5 Å². The summed E-state index contributed by atoms with van der Waals surface area (Å²) < 4.78 is 24.2. The van der Waals surface area contributed by atoms with Crippen LogP contribution in [0, 0.1) is 12.7 Å². The van der Waals surface area contributed by atoms with Crippen LogP contribution < -0.4 is 10.1 Å². The zero-order chi connectivity index (χ0) is 24.4. The summed E-state index contributed by atoms with van der Waals surface area (Å²) in [6.45, 7) is 1.89. The summed E-state index contributed by atoms with van der Waals surface area (Å²) in [7, 11) is 0. The van der Waals surface area contributed by atoms with Crippen molar-refractivity contribution in [3.05, 3.63) is 94.9 Å². The van der Waals surface area contributed by atoms with E-state index in [4.69, 9.17) is 20.9 Å². The van der Waals surface area contributed by atoms with E-state index in [2.05, 4.69) is 20.7 Å². The van der Waals surface area contributed by atoms with Gasteiger partial charge in [-0.25, -0.2) is 4.39 Å². The lowest BCUT2D eigenvalue weighted by Gasteiger charge is -2.09. The maximum absolute atomic E-state index is 13.1. The average molecular weight is 507 g/mol. The first-order valence-corrected chi connectivity index (χ1v) is 11.6. The number of halogens is 2. The zero-order valence-corrected chi connectivity index (χ0v) is 19.7. The largest absolute Gasteiger partial charge is 0.457 e. The van der Waals surface area contributed by atoms with Crippen LogP contribution in [0.2, 0.25) is 5.02 Å². The monoisotopic (exact) mass is 506 g/mol. The summed E-state index contributed by atoms with van der Waals surface area (Å²) in [4.78, 5) is 12.5. The van der Waals surface area contributed by atoms with Gasteiger partial charge < -0.3 is 9.26 Å². The molecule has 174 valence electrons. The number of carbonyl (C=O) groups is 1. The molecule has 0 aliphatic carbocycles. The predicted molar refractivity (Wildman–Crippen MR) is 131 cm³/mol. The molecule has 5 aromatic rings. The molecule has 7 nitrogen and oxygen atoms in total. The van der Waals surface area contributed by atoms with Gasteiger partial charge in [0.1, 0.15) is 22.3 Å². The highest BCUT2D eigenvalue weighted by Gasteiger charge is 2.17. The maximum Gasteiger partial charge on any atom is 0.279 e. The van der Waals surface area contributed by atoms with Gasteiger partial charge in [0.05, 0.1) is 0 Å². The number of amides is 1. The molecule has 0 atom stereocenters. The standard InChI is InChI=1S/C25H16ClFN4O3S/c1-14-19(26)3-2-4-21(14)33-18-11-7-16(8-12-18)24-29-30-25(35-24)28-23(32)20-13-22(34-31-20)15-5-9-17(27)10-6-15/h2-13H,1H3,(H,28,30,32). The highest BCUT2D eigenvalue weighted by Crippen LogP contribution is 2.32. The van der Waals surface area contributed by atoms with Crippen LogP contribution in [0.25, 0.3) is 21.9 Å². The molecule has 0 spiro atoms. The summed E-state index contributed by atoms with van der Waals surface area (Å²) in [5.74, 6) is 0.826. The fourth-order valence-electron chi connectivity index (χ4n) is 3.17. The summed E-state index contributed by atoms with van der Waals surface area (Å²) >= 11 is 7.37. The van der Waals surface area contributed by atoms with Crippen molar-refractivity contribution in [1.82, 2.24) is 15.4 Å². The number of aromatic nitrogens is 3. The summed E-state index contributed by atoms with van der Waals surface area (Å²) in [6, 6.07) is 20.0. The second-order valence-electron chi connectivity index (χ2n) is 7.44. The molecule has 0 bridgehead atoms. The minimum absolute atomic E-state index is 0.0684. The minimum atomic E-state index is -0.495. The Kier molecular flexibility index (Phi) is 6.26. The summed E-state index contributed by atoms with van der Waals surface area (Å²) in [5.41, 5.74) is 2.35. The van der Waals surface area contributed by atoms with Gasteiger partial charge in [0.25, 0.3) is 5.91 Å². The van der Waals surface area contributed by atoms with Crippen molar-refractivity contribution in [1.29, 1.82) is 0 Å². The Hall–Kier alpha value is -4.08. The van der Waals surface area contributed by atoms with Gasteiger partial charge >= 0.3 is 0 Å².